The van der Waals surface area contributed by atoms with Gasteiger partial charge in [0, 0.05) is 5.56 Å². The number of alkyl halides is 1. The molecule has 5 heteroatoms. The molecule has 1 amide bonds. The molecule has 0 fully saturated rings. The molecule has 0 aliphatic heterocycles. The number of anilines is 1. The maximum absolute atomic E-state index is 14.1. The second-order valence-corrected chi connectivity index (χ2v) is 3.89. The van der Waals surface area contributed by atoms with E-state index >= 15 is 0 Å². The topological polar surface area (TPSA) is 29.1 Å². The van der Waals surface area contributed by atoms with Crippen LogP contribution in [-0.4, -0.2) is 13.6 Å². The molecule has 2 rings (SSSR count). The molecule has 0 bridgehead atoms. The van der Waals surface area contributed by atoms with Crippen molar-refractivity contribution in [2.24, 2.45) is 0 Å². The molecule has 0 spiro atoms. The monoisotopic (exact) mass is 281 g/mol. The highest BCUT2D eigenvalue weighted by Crippen LogP contribution is 2.30. The summed E-state index contributed by atoms with van der Waals surface area (Å²) < 4.78 is 36.8. The van der Waals surface area contributed by atoms with E-state index in [1.165, 1.54) is 18.2 Å². The summed E-state index contributed by atoms with van der Waals surface area (Å²) in [6, 6.07) is 8.79. The van der Waals surface area contributed by atoms with Gasteiger partial charge < -0.3 is 5.32 Å². The number of aryl methyl sites for hydroxylation is 1. The minimum absolute atomic E-state index is 0.0751. The van der Waals surface area contributed by atoms with Crippen molar-refractivity contribution in [1.29, 1.82) is 0 Å². The number of carbonyl (C=O) groups is 1. The molecule has 2 aromatic carbocycles. The largest absolute Gasteiger partial charge is 0.326 e. The molecule has 1 N–H and O–H groups in total. The summed E-state index contributed by atoms with van der Waals surface area (Å²) in [4.78, 5) is 10.4. The van der Waals surface area contributed by atoms with Crippen LogP contribution in [0.15, 0.2) is 36.4 Å². The molecular formula is C15H14F3NO. The molecule has 0 saturated heterocycles. The van der Waals surface area contributed by atoms with Crippen LogP contribution < -0.4 is 5.32 Å². The van der Waals surface area contributed by atoms with E-state index < -0.39 is 11.6 Å². The highest BCUT2D eigenvalue weighted by Gasteiger charge is 2.12. The molecule has 0 radical (unpaired) electrons. The minimum Gasteiger partial charge on any atom is -0.326 e. The molecular weight excluding hydrogens is 267 g/mol. The van der Waals surface area contributed by atoms with E-state index in [0.29, 0.717) is 19.2 Å². The Morgan fingerprint density at radius 2 is 1.75 bits per heavy atom. The van der Waals surface area contributed by atoms with Crippen molar-refractivity contribution >= 4 is 12.1 Å². The van der Waals surface area contributed by atoms with Gasteiger partial charge in [-0.05, 0) is 36.2 Å². The second kappa shape index (κ2) is 7.33. The Morgan fingerprint density at radius 1 is 1.05 bits per heavy atom. The van der Waals surface area contributed by atoms with E-state index in [1.54, 1.807) is 25.1 Å². The van der Waals surface area contributed by atoms with E-state index in [-0.39, 0.29) is 11.3 Å². The normalized spacial score (nSPS) is 9.45. The molecule has 106 valence electrons. The fourth-order valence-corrected chi connectivity index (χ4v) is 1.80. The molecule has 2 nitrogen and oxygen atoms in total. The van der Waals surface area contributed by atoms with Crippen molar-refractivity contribution in [2.75, 3.05) is 12.5 Å². The minimum atomic E-state index is -0.571. The van der Waals surface area contributed by atoms with E-state index in [2.05, 4.69) is 5.32 Å². The summed E-state index contributed by atoms with van der Waals surface area (Å²) in [5.41, 5.74) is 1.57. The molecule has 0 unspecified atom stereocenters. The predicted molar refractivity (Wildman–Crippen MR) is 73.2 cm³/mol. The van der Waals surface area contributed by atoms with Crippen LogP contribution in [0.3, 0.4) is 0 Å². The first-order valence-corrected chi connectivity index (χ1v) is 5.76. The number of nitrogens with one attached hydrogen (secondary N) is 1. The molecule has 0 atom stereocenters. The van der Waals surface area contributed by atoms with E-state index in [0.717, 1.165) is 5.56 Å². The van der Waals surface area contributed by atoms with Gasteiger partial charge in [-0.15, -0.1) is 0 Å². The lowest BCUT2D eigenvalue weighted by Gasteiger charge is -2.10. The maximum Gasteiger partial charge on any atom is 0.211 e. The van der Waals surface area contributed by atoms with Gasteiger partial charge in [0.2, 0.25) is 6.41 Å². The molecule has 20 heavy (non-hydrogen) atoms. The summed E-state index contributed by atoms with van der Waals surface area (Å²) in [5.74, 6) is -0.998. The maximum atomic E-state index is 14.1. The lowest BCUT2D eigenvalue weighted by Crippen LogP contribution is -1.99. The molecule has 0 heterocycles. The Labute approximate surface area is 115 Å². The summed E-state index contributed by atoms with van der Waals surface area (Å²) >= 11 is 0. The van der Waals surface area contributed by atoms with Crippen molar-refractivity contribution in [2.45, 2.75) is 6.92 Å². The first-order chi connectivity index (χ1) is 9.63. The number of halogens is 3. The van der Waals surface area contributed by atoms with Crippen LogP contribution >= 0.6 is 0 Å². The van der Waals surface area contributed by atoms with Crippen LogP contribution in [0.2, 0.25) is 0 Å². The number of hydrogen-bond donors (Lipinski definition) is 1. The molecule has 0 saturated carbocycles. The third-order valence-electron chi connectivity index (χ3n) is 2.70. The Balaban J connectivity index is 0.000000956. The smallest absolute Gasteiger partial charge is 0.211 e. The average molecular weight is 281 g/mol. The number of hydrogen-bond acceptors (Lipinski definition) is 1. The number of amides is 1. The van der Waals surface area contributed by atoms with Crippen molar-refractivity contribution in [3.63, 3.8) is 0 Å². The fourth-order valence-electron chi connectivity index (χ4n) is 1.80. The number of benzene rings is 2. The summed E-state index contributed by atoms with van der Waals surface area (Å²) in [6.07, 6.45) is 0.403. The third kappa shape index (κ3) is 3.38. The lowest BCUT2D eigenvalue weighted by molar-refractivity contribution is -0.105. The van der Waals surface area contributed by atoms with Crippen molar-refractivity contribution in [3.05, 3.63) is 53.6 Å². The Hall–Kier alpha value is -2.30. The van der Waals surface area contributed by atoms with Gasteiger partial charge in [0.25, 0.3) is 0 Å². The zero-order valence-corrected chi connectivity index (χ0v) is 11.1. The Bertz CT molecular complexity index is 600. The van der Waals surface area contributed by atoms with Gasteiger partial charge in [-0.3, -0.25) is 9.18 Å². The third-order valence-corrected chi connectivity index (χ3v) is 2.70. The standard InChI is InChI=1S/C14H11F2NO.CH3F/c1-9-5-6-10(15)7-12(9)11-3-2-4-13(14(11)16)17-8-18;1-2/h2-8H,1H3,(H,17,18);1H3. The van der Waals surface area contributed by atoms with Crippen molar-refractivity contribution in [3.8, 4) is 11.1 Å². The van der Waals surface area contributed by atoms with Crippen molar-refractivity contribution in [1.82, 2.24) is 0 Å². The first kappa shape index (κ1) is 15.8. The van der Waals surface area contributed by atoms with Gasteiger partial charge in [0.15, 0.2) is 5.82 Å². The van der Waals surface area contributed by atoms with Crippen LogP contribution in [0.4, 0.5) is 18.9 Å². The van der Waals surface area contributed by atoms with E-state index in [9.17, 15) is 18.0 Å². The van der Waals surface area contributed by atoms with Gasteiger partial charge in [-0.2, -0.15) is 0 Å². The molecule has 0 aliphatic carbocycles. The van der Waals surface area contributed by atoms with Crippen molar-refractivity contribution < 1.29 is 18.0 Å². The first-order valence-electron chi connectivity index (χ1n) is 5.76. The number of carbonyl (C=O) groups excluding carboxylic acids is 1. The van der Waals surface area contributed by atoms with Gasteiger partial charge in [0.05, 0.1) is 12.9 Å². The Morgan fingerprint density at radius 3 is 2.40 bits per heavy atom. The molecule has 0 aliphatic rings. The summed E-state index contributed by atoms with van der Waals surface area (Å²) in [7, 11) is 0.500. The van der Waals surface area contributed by atoms with Gasteiger partial charge >= 0.3 is 0 Å². The average Bonchev–Trinajstić information content (AvgIpc) is 2.46. The van der Waals surface area contributed by atoms with Crippen LogP contribution in [0.5, 0.6) is 0 Å². The summed E-state index contributed by atoms with van der Waals surface area (Å²) in [5, 5.41) is 2.27. The fraction of sp³-hybridized carbons (Fsp3) is 0.133. The molecule has 0 aromatic heterocycles. The second-order valence-electron chi connectivity index (χ2n) is 3.89. The number of rotatable bonds is 3. The zero-order valence-electron chi connectivity index (χ0n) is 11.1. The van der Waals surface area contributed by atoms with Crippen LogP contribution in [0.25, 0.3) is 11.1 Å². The summed E-state index contributed by atoms with van der Waals surface area (Å²) in [6.45, 7) is 1.77. The molecule has 2 aromatic rings. The SMILES string of the molecule is CF.Cc1ccc(F)cc1-c1cccc(NC=O)c1F. The predicted octanol–water partition coefficient (Wildman–Crippen LogP) is 4.09. The zero-order chi connectivity index (χ0) is 15.1. The van der Waals surface area contributed by atoms with Crippen LogP contribution in [0, 0.1) is 18.6 Å². The van der Waals surface area contributed by atoms with Crippen LogP contribution in [-0.2, 0) is 4.79 Å². The lowest BCUT2D eigenvalue weighted by atomic mass is 9.99. The van der Waals surface area contributed by atoms with Gasteiger partial charge in [-0.1, -0.05) is 18.2 Å². The highest BCUT2D eigenvalue weighted by atomic mass is 19.1. The van der Waals surface area contributed by atoms with E-state index in [1.807, 2.05) is 0 Å². The van der Waals surface area contributed by atoms with Gasteiger partial charge in [0.1, 0.15) is 5.82 Å². The van der Waals surface area contributed by atoms with Gasteiger partial charge in [-0.25, -0.2) is 8.78 Å². The highest BCUT2D eigenvalue weighted by molar-refractivity contribution is 5.77. The van der Waals surface area contributed by atoms with Crippen LogP contribution in [0.1, 0.15) is 5.56 Å². The van der Waals surface area contributed by atoms with E-state index in [4.69, 9.17) is 0 Å². The Kier molecular flexibility index (Phi) is 5.77. The quantitative estimate of drug-likeness (QED) is 0.843.